The average Bonchev–Trinajstić information content (AvgIpc) is 2.65. The third kappa shape index (κ3) is 2.33. The van der Waals surface area contributed by atoms with Crippen molar-refractivity contribution in [3.05, 3.63) is 29.6 Å². The van der Waals surface area contributed by atoms with Crippen molar-refractivity contribution in [3.63, 3.8) is 0 Å². The van der Waals surface area contributed by atoms with Gasteiger partial charge in [-0.2, -0.15) is 0 Å². The van der Waals surface area contributed by atoms with Crippen molar-refractivity contribution in [2.75, 3.05) is 13.1 Å². The molecule has 1 aliphatic rings. The van der Waals surface area contributed by atoms with Gasteiger partial charge in [0.05, 0.1) is 11.1 Å². The predicted molar refractivity (Wildman–Crippen MR) is 74.1 cm³/mol. The number of hydrogen-bond donors (Lipinski definition) is 3. The Balaban J connectivity index is 2.01. The van der Waals surface area contributed by atoms with E-state index >= 15 is 0 Å². The minimum Gasteiger partial charge on any atom is -0.366 e. The molecule has 1 unspecified atom stereocenters. The highest BCUT2D eigenvalue weighted by molar-refractivity contribution is 6.04. The maximum absolute atomic E-state index is 11.4. The van der Waals surface area contributed by atoms with Gasteiger partial charge in [0.1, 0.15) is 11.3 Å². The largest absolute Gasteiger partial charge is 0.366 e. The second kappa shape index (κ2) is 5.01. The van der Waals surface area contributed by atoms with E-state index in [4.69, 9.17) is 5.73 Å². The molecule has 0 spiro atoms. The average molecular weight is 258 g/mol. The summed E-state index contributed by atoms with van der Waals surface area (Å²) in [5.74, 6) is 0.988. The Bertz CT molecular complexity index is 597. The van der Waals surface area contributed by atoms with Gasteiger partial charge in [-0.1, -0.05) is 6.07 Å². The Kier molecular flexibility index (Phi) is 3.21. The van der Waals surface area contributed by atoms with Crippen LogP contribution < -0.4 is 11.1 Å². The van der Waals surface area contributed by atoms with Crippen molar-refractivity contribution in [1.82, 2.24) is 15.3 Å². The molecule has 1 fully saturated rings. The van der Waals surface area contributed by atoms with E-state index in [0.717, 1.165) is 43.7 Å². The Morgan fingerprint density at radius 3 is 3.05 bits per heavy atom. The number of nitrogens with one attached hydrogen (secondary N) is 2. The number of imidazole rings is 1. The molecule has 1 saturated heterocycles. The molecule has 5 nitrogen and oxygen atoms in total. The number of amides is 1. The van der Waals surface area contributed by atoms with E-state index in [2.05, 4.69) is 15.3 Å². The summed E-state index contributed by atoms with van der Waals surface area (Å²) in [5.41, 5.74) is 7.47. The summed E-state index contributed by atoms with van der Waals surface area (Å²) in [4.78, 5) is 19.4. The summed E-state index contributed by atoms with van der Waals surface area (Å²) in [5, 5.41) is 3.39. The molecule has 100 valence electrons. The zero-order chi connectivity index (χ0) is 13.2. The number of primary amides is 1. The van der Waals surface area contributed by atoms with Crippen LogP contribution in [0.1, 0.15) is 41.4 Å². The normalized spacial score (nSPS) is 20.3. The van der Waals surface area contributed by atoms with Gasteiger partial charge in [0.25, 0.3) is 5.91 Å². The van der Waals surface area contributed by atoms with E-state index in [9.17, 15) is 4.79 Å². The zero-order valence-corrected chi connectivity index (χ0v) is 10.8. The first kappa shape index (κ1) is 12.2. The molecule has 0 bridgehead atoms. The summed E-state index contributed by atoms with van der Waals surface area (Å²) in [7, 11) is 0. The molecule has 4 N–H and O–H groups in total. The quantitative estimate of drug-likeness (QED) is 0.763. The molecule has 5 heteroatoms. The molecule has 3 rings (SSSR count). The Labute approximate surface area is 111 Å². The van der Waals surface area contributed by atoms with Gasteiger partial charge in [0, 0.05) is 5.92 Å². The number of aromatic nitrogens is 2. The van der Waals surface area contributed by atoms with Crippen molar-refractivity contribution < 1.29 is 4.79 Å². The minimum atomic E-state index is -0.425. The summed E-state index contributed by atoms with van der Waals surface area (Å²) in [6.07, 6.45) is 3.36. The molecule has 2 aromatic rings. The number of H-pyrrole nitrogens is 1. The molecule has 0 saturated carbocycles. The van der Waals surface area contributed by atoms with Crippen molar-refractivity contribution in [3.8, 4) is 0 Å². The van der Waals surface area contributed by atoms with Gasteiger partial charge < -0.3 is 16.0 Å². The molecular formula is C14H18N4O. The summed E-state index contributed by atoms with van der Waals surface area (Å²) < 4.78 is 0. The van der Waals surface area contributed by atoms with Crippen LogP contribution in [0.3, 0.4) is 0 Å². The van der Waals surface area contributed by atoms with Gasteiger partial charge in [-0.15, -0.1) is 0 Å². The van der Waals surface area contributed by atoms with E-state index in [1.54, 1.807) is 6.07 Å². The SMILES string of the molecule is NC(=O)c1cccc2[nH]c(C3CCCNCC3)nc12. The number of fused-ring (bicyclic) bond motifs is 1. The van der Waals surface area contributed by atoms with Gasteiger partial charge in [-0.3, -0.25) is 4.79 Å². The van der Waals surface area contributed by atoms with E-state index in [1.807, 2.05) is 12.1 Å². The fourth-order valence-electron chi connectivity index (χ4n) is 2.74. The van der Waals surface area contributed by atoms with Crippen LogP contribution in [0.15, 0.2) is 18.2 Å². The van der Waals surface area contributed by atoms with Crippen LogP contribution in [0.2, 0.25) is 0 Å². The molecule has 0 aliphatic carbocycles. The number of hydrogen-bond acceptors (Lipinski definition) is 3. The van der Waals surface area contributed by atoms with E-state index in [-0.39, 0.29) is 0 Å². The van der Waals surface area contributed by atoms with E-state index in [1.165, 1.54) is 0 Å². The summed E-state index contributed by atoms with van der Waals surface area (Å²) in [6.45, 7) is 2.09. The second-order valence-corrected chi connectivity index (χ2v) is 5.07. The maximum Gasteiger partial charge on any atom is 0.250 e. The lowest BCUT2D eigenvalue weighted by Gasteiger charge is -2.09. The third-order valence-corrected chi connectivity index (χ3v) is 3.76. The molecular weight excluding hydrogens is 240 g/mol. The van der Waals surface area contributed by atoms with E-state index in [0.29, 0.717) is 17.0 Å². The summed E-state index contributed by atoms with van der Waals surface area (Å²) in [6, 6.07) is 5.50. The van der Waals surface area contributed by atoms with Gasteiger partial charge >= 0.3 is 0 Å². The van der Waals surface area contributed by atoms with Crippen LogP contribution in [0.4, 0.5) is 0 Å². The number of rotatable bonds is 2. The highest BCUT2D eigenvalue weighted by Crippen LogP contribution is 2.26. The lowest BCUT2D eigenvalue weighted by Crippen LogP contribution is -2.14. The number of carbonyl (C=O) groups is 1. The number of carbonyl (C=O) groups excluding carboxylic acids is 1. The van der Waals surface area contributed by atoms with Gasteiger partial charge in [0.2, 0.25) is 0 Å². The zero-order valence-electron chi connectivity index (χ0n) is 10.8. The van der Waals surface area contributed by atoms with Crippen LogP contribution in [0.25, 0.3) is 11.0 Å². The highest BCUT2D eigenvalue weighted by Gasteiger charge is 2.19. The molecule has 1 amide bonds. The van der Waals surface area contributed by atoms with Crippen LogP contribution in [-0.4, -0.2) is 29.0 Å². The van der Waals surface area contributed by atoms with Crippen molar-refractivity contribution in [1.29, 1.82) is 0 Å². The number of nitrogens with zero attached hydrogens (tertiary/aromatic N) is 1. The van der Waals surface area contributed by atoms with Crippen LogP contribution in [0, 0.1) is 0 Å². The van der Waals surface area contributed by atoms with Crippen molar-refractivity contribution in [2.45, 2.75) is 25.2 Å². The van der Waals surface area contributed by atoms with Crippen LogP contribution in [0.5, 0.6) is 0 Å². The van der Waals surface area contributed by atoms with E-state index < -0.39 is 5.91 Å². The third-order valence-electron chi connectivity index (χ3n) is 3.76. The first-order chi connectivity index (χ1) is 9.25. The predicted octanol–water partition coefficient (Wildman–Crippen LogP) is 1.52. The highest BCUT2D eigenvalue weighted by atomic mass is 16.1. The topological polar surface area (TPSA) is 83.8 Å². The van der Waals surface area contributed by atoms with Gasteiger partial charge in [-0.05, 0) is 44.5 Å². The standard InChI is InChI=1S/C14H18N4O/c15-13(19)10-4-1-5-11-12(10)18-14(17-11)9-3-2-7-16-8-6-9/h1,4-5,9,16H,2-3,6-8H2,(H2,15,19)(H,17,18). The number of benzene rings is 1. The number of aromatic amines is 1. The lowest BCUT2D eigenvalue weighted by atomic mass is 10.0. The van der Waals surface area contributed by atoms with Crippen LogP contribution in [-0.2, 0) is 0 Å². The van der Waals surface area contributed by atoms with Gasteiger partial charge in [-0.25, -0.2) is 4.98 Å². The number of para-hydroxylation sites is 1. The number of nitrogens with two attached hydrogens (primary N) is 1. The molecule has 1 atom stereocenters. The van der Waals surface area contributed by atoms with Gasteiger partial charge in [0.15, 0.2) is 0 Å². The molecule has 19 heavy (non-hydrogen) atoms. The first-order valence-electron chi connectivity index (χ1n) is 6.75. The summed E-state index contributed by atoms with van der Waals surface area (Å²) >= 11 is 0. The Hall–Kier alpha value is -1.88. The Morgan fingerprint density at radius 2 is 2.21 bits per heavy atom. The van der Waals surface area contributed by atoms with Crippen LogP contribution >= 0.6 is 0 Å². The molecule has 2 heterocycles. The second-order valence-electron chi connectivity index (χ2n) is 5.07. The molecule has 0 radical (unpaired) electrons. The maximum atomic E-state index is 11.4. The first-order valence-corrected chi connectivity index (χ1v) is 6.75. The molecule has 1 aliphatic heterocycles. The van der Waals surface area contributed by atoms with Crippen molar-refractivity contribution >= 4 is 16.9 Å². The van der Waals surface area contributed by atoms with Crippen molar-refractivity contribution in [2.24, 2.45) is 5.73 Å². The smallest absolute Gasteiger partial charge is 0.250 e. The fourth-order valence-corrected chi connectivity index (χ4v) is 2.74. The Morgan fingerprint density at radius 1 is 1.32 bits per heavy atom. The molecule has 1 aromatic carbocycles. The fraction of sp³-hybridized carbons (Fsp3) is 0.429. The lowest BCUT2D eigenvalue weighted by molar-refractivity contribution is 0.100. The molecule has 1 aromatic heterocycles. The minimum absolute atomic E-state index is 0.425. The monoisotopic (exact) mass is 258 g/mol.